The number of hydrogen-bond donors (Lipinski definition) is 2. The van der Waals surface area contributed by atoms with Gasteiger partial charge in [-0.3, -0.25) is 24.3 Å². The summed E-state index contributed by atoms with van der Waals surface area (Å²) < 4.78 is 11.6. The highest BCUT2D eigenvalue weighted by Crippen LogP contribution is 2.42. The molecule has 3 aromatic rings. The third-order valence-electron chi connectivity index (χ3n) is 7.38. The van der Waals surface area contributed by atoms with Crippen molar-refractivity contribution in [3.8, 4) is 11.1 Å². The van der Waals surface area contributed by atoms with Crippen molar-refractivity contribution in [1.29, 1.82) is 0 Å². The normalized spacial score (nSPS) is 20.3. The third kappa shape index (κ3) is 4.63. The molecule has 0 aliphatic heterocycles. The number of aromatic nitrogens is 2. The number of nitrogens with zero attached hydrogens (tertiary/aromatic N) is 2. The Hall–Kier alpha value is -4.58. The molecular formula is C27H25N3O9. The number of nitro benzene ring substituents is 1. The average molecular weight is 536 g/mol. The van der Waals surface area contributed by atoms with Gasteiger partial charge in [-0.25, -0.2) is 9.59 Å². The number of ether oxygens (including phenoxy) is 2. The number of aliphatic hydroxyl groups is 1. The second-order valence-electron chi connectivity index (χ2n) is 9.81. The largest absolute Gasteiger partial charge is 0.508 e. The number of aromatic amines is 1. The van der Waals surface area contributed by atoms with Crippen molar-refractivity contribution >= 4 is 17.6 Å². The van der Waals surface area contributed by atoms with Gasteiger partial charge in [0, 0.05) is 40.9 Å². The van der Waals surface area contributed by atoms with E-state index in [4.69, 9.17) is 9.47 Å². The molecule has 0 saturated heterocycles. The summed E-state index contributed by atoms with van der Waals surface area (Å²) in [7, 11) is 0. The summed E-state index contributed by atoms with van der Waals surface area (Å²) in [5.74, 6) is -0.868. The molecule has 1 heterocycles. The minimum Gasteiger partial charge on any atom is -0.434 e. The zero-order chi connectivity index (χ0) is 28.0. The van der Waals surface area contributed by atoms with Crippen LogP contribution in [0.2, 0.25) is 0 Å². The highest BCUT2D eigenvalue weighted by atomic mass is 16.7. The first kappa shape index (κ1) is 26.0. The molecule has 2 aliphatic rings. The molecule has 0 spiro atoms. The molecule has 2 N–H and O–H groups in total. The van der Waals surface area contributed by atoms with Crippen LogP contribution in [0.15, 0.2) is 52.2 Å². The fourth-order valence-electron chi connectivity index (χ4n) is 5.36. The Balaban J connectivity index is 1.28. The molecule has 0 radical (unpaired) electrons. The van der Waals surface area contributed by atoms with Crippen LogP contribution in [0, 0.1) is 23.0 Å². The van der Waals surface area contributed by atoms with Gasteiger partial charge in [-0.05, 0) is 43.9 Å². The fourth-order valence-corrected chi connectivity index (χ4v) is 5.36. The number of nitro groups is 1. The number of aryl methyl sites for hydroxylation is 1. The van der Waals surface area contributed by atoms with E-state index in [-0.39, 0.29) is 42.0 Å². The maximum atomic E-state index is 12.7. The van der Waals surface area contributed by atoms with Gasteiger partial charge >= 0.3 is 11.8 Å². The van der Waals surface area contributed by atoms with Crippen LogP contribution < -0.4 is 11.2 Å². The molecule has 1 saturated carbocycles. The summed E-state index contributed by atoms with van der Waals surface area (Å²) >= 11 is 0. The van der Waals surface area contributed by atoms with E-state index in [1.54, 1.807) is 31.2 Å². The van der Waals surface area contributed by atoms with Crippen molar-refractivity contribution < 1.29 is 29.1 Å². The van der Waals surface area contributed by atoms with E-state index in [1.807, 2.05) is 0 Å². The lowest BCUT2D eigenvalue weighted by Gasteiger charge is -2.17. The SMILES string of the molecule is Cc1c[nH]c(=O)n([C@@H]2C[C@H](COC(=O)OC(C)c3cc4c(cc3[N+](=O)[O-])C(=O)c3ccccc3-4)[C@H](O)C2)c1=O. The Morgan fingerprint density at radius 1 is 1.15 bits per heavy atom. The van der Waals surface area contributed by atoms with Gasteiger partial charge in [0.1, 0.15) is 12.7 Å². The Labute approximate surface area is 221 Å². The third-order valence-corrected chi connectivity index (χ3v) is 7.38. The lowest BCUT2D eigenvalue weighted by Crippen LogP contribution is -2.38. The van der Waals surface area contributed by atoms with Crippen LogP contribution in [0.25, 0.3) is 11.1 Å². The van der Waals surface area contributed by atoms with Crippen LogP contribution in [-0.2, 0) is 9.47 Å². The van der Waals surface area contributed by atoms with E-state index in [2.05, 4.69) is 4.98 Å². The van der Waals surface area contributed by atoms with Crippen molar-refractivity contribution in [2.24, 2.45) is 5.92 Å². The maximum Gasteiger partial charge on any atom is 0.508 e. The van der Waals surface area contributed by atoms with Crippen LogP contribution in [0.3, 0.4) is 0 Å². The van der Waals surface area contributed by atoms with Gasteiger partial charge in [0.25, 0.3) is 11.2 Å². The molecular weight excluding hydrogens is 510 g/mol. The molecule has 202 valence electrons. The lowest BCUT2D eigenvalue weighted by molar-refractivity contribution is -0.386. The van der Waals surface area contributed by atoms with E-state index in [0.717, 1.165) is 4.57 Å². The van der Waals surface area contributed by atoms with Gasteiger partial charge in [-0.2, -0.15) is 0 Å². The first-order chi connectivity index (χ1) is 18.6. The summed E-state index contributed by atoms with van der Waals surface area (Å²) in [5, 5.41) is 22.3. The van der Waals surface area contributed by atoms with E-state index >= 15 is 0 Å². The number of nitrogens with one attached hydrogen (secondary N) is 1. The molecule has 2 aliphatic carbocycles. The minimum absolute atomic E-state index is 0.0965. The quantitative estimate of drug-likeness (QED) is 0.214. The summed E-state index contributed by atoms with van der Waals surface area (Å²) in [5.41, 5.74) is 0.852. The van der Waals surface area contributed by atoms with Gasteiger partial charge < -0.3 is 19.6 Å². The number of hydrogen-bond acceptors (Lipinski definition) is 9. The van der Waals surface area contributed by atoms with E-state index in [1.165, 1.54) is 25.3 Å². The first-order valence-electron chi connectivity index (χ1n) is 12.4. The molecule has 0 amide bonds. The second kappa shape index (κ2) is 9.95. The van der Waals surface area contributed by atoms with Crippen LogP contribution in [0.4, 0.5) is 10.5 Å². The van der Waals surface area contributed by atoms with Crippen LogP contribution in [0.1, 0.15) is 59.0 Å². The predicted molar refractivity (Wildman–Crippen MR) is 137 cm³/mol. The molecule has 0 bridgehead atoms. The number of ketones is 1. The number of rotatable bonds is 6. The van der Waals surface area contributed by atoms with Gasteiger partial charge in [0.15, 0.2) is 5.78 Å². The molecule has 1 aromatic heterocycles. The first-order valence-corrected chi connectivity index (χ1v) is 12.4. The number of aliphatic hydroxyl groups excluding tert-OH is 1. The fraction of sp³-hybridized carbons (Fsp3) is 0.333. The molecule has 4 atom stereocenters. The molecule has 39 heavy (non-hydrogen) atoms. The van der Waals surface area contributed by atoms with Crippen LogP contribution >= 0.6 is 0 Å². The molecule has 1 unspecified atom stereocenters. The monoisotopic (exact) mass is 535 g/mol. The topological polar surface area (TPSA) is 171 Å². The Morgan fingerprint density at radius 3 is 2.59 bits per heavy atom. The van der Waals surface area contributed by atoms with Crippen molar-refractivity contribution in [2.75, 3.05) is 6.61 Å². The van der Waals surface area contributed by atoms with Gasteiger partial charge in [-0.15, -0.1) is 0 Å². The Morgan fingerprint density at radius 2 is 1.87 bits per heavy atom. The molecule has 5 rings (SSSR count). The molecule has 12 nitrogen and oxygen atoms in total. The van der Waals surface area contributed by atoms with E-state index < -0.39 is 46.5 Å². The minimum atomic E-state index is -1.10. The zero-order valence-electron chi connectivity index (χ0n) is 21.1. The number of carbonyl (C=O) groups is 2. The van der Waals surface area contributed by atoms with Crippen molar-refractivity contribution in [1.82, 2.24) is 9.55 Å². The number of fused-ring (bicyclic) bond motifs is 3. The summed E-state index contributed by atoms with van der Waals surface area (Å²) in [4.78, 5) is 63.5. The summed E-state index contributed by atoms with van der Waals surface area (Å²) in [6.07, 6.45) is -1.44. The average Bonchev–Trinajstić information content (AvgIpc) is 3.41. The molecule has 1 fully saturated rings. The summed E-state index contributed by atoms with van der Waals surface area (Å²) in [6.45, 7) is 2.78. The standard InChI is InChI=1S/C27H25N3O9/c1-13-11-28-26(34)29(25(13)33)16-7-15(23(31)8-16)12-38-27(35)39-14(2)19-9-20-17-5-3-4-6-18(17)24(32)21(20)10-22(19)30(36)37/h3-6,9-11,14-16,23,31H,7-8,12H2,1-2H3,(H,28,34)/t14?,15-,16-,23-/m1/s1. The van der Waals surface area contributed by atoms with Gasteiger partial charge in [-0.1, -0.05) is 24.3 Å². The highest BCUT2D eigenvalue weighted by molar-refractivity contribution is 6.22. The predicted octanol–water partition coefficient (Wildman–Crippen LogP) is 3.19. The van der Waals surface area contributed by atoms with Crippen molar-refractivity contribution in [3.63, 3.8) is 0 Å². The Bertz CT molecular complexity index is 1620. The van der Waals surface area contributed by atoms with Crippen LogP contribution in [-0.4, -0.2) is 44.2 Å². The van der Waals surface area contributed by atoms with Crippen molar-refractivity contribution in [2.45, 2.75) is 44.9 Å². The number of carbonyl (C=O) groups excluding carboxylic acids is 2. The second-order valence-corrected chi connectivity index (χ2v) is 9.81. The lowest BCUT2D eigenvalue weighted by atomic mass is 9.98. The Kier molecular flexibility index (Phi) is 6.64. The van der Waals surface area contributed by atoms with Gasteiger partial charge in [0.05, 0.1) is 16.6 Å². The molecule has 12 heteroatoms. The zero-order valence-corrected chi connectivity index (χ0v) is 21.1. The highest BCUT2D eigenvalue weighted by Gasteiger charge is 2.37. The molecule has 2 aromatic carbocycles. The summed E-state index contributed by atoms with van der Waals surface area (Å²) in [6, 6.07) is 8.97. The van der Waals surface area contributed by atoms with E-state index in [9.17, 15) is 34.4 Å². The smallest absolute Gasteiger partial charge is 0.434 e. The number of benzene rings is 2. The maximum absolute atomic E-state index is 12.7. The van der Waals surface area contributed by atoms with Gasteiger partial charge in [0.2, 0.25) is 0 Å². The van der Waals surface area contributed by atoms with E-state index in [0.29, 0.717) is 22.3 Å². The van der Waals surface area contributed by atoms with Crippen molar-refractivity contribution in [3.05, 3.63) is 95.8 Å². The number of H-pyrrole nitrogens is 1. The van der Waals surface area contributed by atoms with Crippen LogP contribution in [0.5, 0.6) is 0 Å².